The lowest BCUT2D eigenvalue weighted by Crippen LogP contribution is -2.60. The van der Waals surface area contributed by atoms with E-state index in [4.69, 9.17) is 9.47 Å². The van der Waals surface area contributed by atoms with E-state index in [2.05, 4.69) is 25.8 Å². The number of hydrogen-bond acceptors (Lipinski definition) is 7. The number of aryl methyl sites for hydroxylation is 1. The van der Waals surface area contributed by atoms with Crippen LogP contribution in [0.25, 0.3) is 5.69 Å². The summed E-state index contributed by atoms with van der Waals surface area (Å²) in [7, 11) is 0. The van der Waals surface area contributed by atoms with Crippen molar-refractivity contribution in [1.82, 2.24) is 30.5 Å². The zero-order valence-electron chi connectivity index (χ0n) is 15.9. The van der Waals surface area contributed by atoms with Crippen molar-refractivity contribution in [2.24, 2.45) is 0 Å². The second-order valence-corrected chi connectivity index (χ2v) is 7.06. The third kappa shape index (κ3) is 4.06. The molecular formula is C19H19FN6O3. The van der Waals surface area contributed by atoms with Gasteiger partial charge in [0.2, 0.25) is 5.88 Å². The van der Waals surface area contributed by atoms with Gasteiger partial charge < -0.3 is 14.8 Å². The second kappa shape index (κ2) is 7.55. The number of amides is 1. The van der Waals surface area contributed by atoms with Gasteiger partial charge in [-0.2, -0.15) is 0 Å². The lowest BCUT2D eigenvalue weighted by Gasteiger charge is -2.38. The van der Waals surface area contributed by atoms with E-state index < -0.39 is 0 Å². The summed E-state index contributed by atoms with van der Waals surface area (Å²) in [6.45, 7) is 4.78. The van der Waals surface area contributed by atoms with Crippen LogP contribution in [0, 0.1) is 12.7 Å². The number of nitrogens with one attached hydrogen (secondary N) is 1. The zero-order chi connectivity index (χ0) is 20.4. The number of rotatable bonds is 6. The number of carbonyl (C=O) groups is 1. The average molecular weight is 398 g/mol. The number of ether oxygens (including phenoxy) is 2. The average Bonchev–Trinajstić information content (AvgIpc) is 3.06. The fraction of sp³-hybridized carbons (Fsp3) is 0.316. The van der Waals surface area contributed by atoms with Crippen LogP contribution < -0.4 is 10.1 Å². The normalized spacial score (nSPS) is 14.9. The predicted molar refractivity (Wildman–Crippen MR) is 99.1 cm³/mol. The maximum absolute atomic E-state index is 13.2. The predicted octanol–water partition coefficient (Wildman–Crippen LogP) is 1.60. The van der Waals surface area contributed by atoms with Crippen LogP contribution in [0.5, 0.6) is 5.88 Å². The van der Waals surface area contributed by atoms with E-state index in [1.54, 1.807) is 35.9 Å². The van der Waals surface area contributed by atoms with Crippen molar-refractivity contribution in [2.45, 2.75) is 26.0 Å². The monoisotopic (exact) mass is 398 g/mol. The highest BCUT2D eigenvalue weighted by Gasteiger charge is 2.35. The van der Waals surface area contributed by atoms with Crippen molar-refractivity contribution < 1.29 is 18.7 Å². The molecule has 0 radical (unpaired) electrons. The molecule has 1 amide bonds. The van der Waals surface area contributed by atoms with Crippen LogP contribution in [0.15, 0.2) is 36.4 Å². The van der Waals surface area contributed by atoms with Crippen LogP contribution in [-0.4, -0.2) is 49.9 Å². The molecule has 1 aliphatic heterocycles. The Morgan fingerprint density at radius 3 is 2.59 bits per heavy atom. The van der Waals surface area contributed by atoms with Crippen molar-refractivity contribution in [2.75, 3.05) is 13.2 Å². The summed E-state index contributed by atoms with van der Waals surface area (Å²) < 4.78 is 25.5. The first kappa shape index (κ1) is 18.9. The number of benzene rings is 1. The molecule has 0 saturated carbocycles. The molecule has 3 aromatic rings. The lowest BCUT2D eigenvalue weighted by atomic mass is 10.0. The Hall–Kier alpha value is -3.40. The third-order valence-electron chi connectivity index (χ3n) is 4.51. The van der Waals surface area contributed by atoms with Crippen LogP contribution in [0.1, 0.15) is 28.8 Å². The van der Waals surface area contributed by atoms with Gasteiger partial charge in [0.1, 0.15) is 18.1 Å². The maximum atomic E-state index is 13.2. The summed E-state index contributed by atoms with van der Waals surface area (Å²) >= 11 is 0. The Bertz CT molecular complexity index is 1020. The zero-order valence-corrected chi connectivity index (χ0v) is 15.9. The number of carbonyl (C=O) groups excluding carboxylic acids is 1. The van der Waals surface area contributed by atoms with Gasteiger partial charge in [-0.05, 0) is 44.2 Å². The topological polar surface area (TPSA) is 104 Å². The Balaban J connectivity index is 1.42. The fourth-order valence-electron chi connectivity index (χ4n) is 2.81. The summed E-state index contributed by atoms with van der Waals surface area (Å²) in [5, 5.41) is 18.9. The van der Waals surface area contributed by atoms with Crippen molar-refractivity contribution in [3.05, 3.63) is 59.3 Å². The minimum Gasteiger partial charge on any atom is -0.470 e. The van der Waals surface area contributed by atoms with Crippen molar-refractivity contribution in [3.8, 4) is 11.6 Å². The van der Waals surface area contributed by atoms with Gasteiger partial charge >= 0.3 is 0 Å². The molecule has 9 nitrogen and oxygen atoms in total. The van der Waals surface area contributed by atoms with Crippen LogP contribution in [0.4, 0.5) is 4.39 Å². The quantitative estimate of drug-likeness (QED) is 0.673. The smallest absolute Gasteiger partial charge is 0.272 e. The fourth-order valence-corrected chi connectivity index (χ4v) is 2.81. The highest BCUT2D eigenvalue weighted by molar-refractivity contribution is 5.92. The number of aromatic nitrogens is 5. The molecule has 10 heteroatoms. The van der Waals surface area contributed by atoms with Gasteiger partial charge in [0.25, 0.3) is 5.91 Å². The molecule has 0 aliphatic carbocycles. The maximum Gasteiger partial charge on any atom is 0.272 e. The van der Waals surface area contributed by atoms with E-state index in [0.717, 1.165) is 0 Å². The van der Waals surface area contributed by atoms with Gasteiger partial charge in [-0.15, -0.1) is 15.3 Å². The van der Waals surface area contributed by atoms with Crippen LogP contribution in [-0.2, 0) is 11.3 Å². The summed E-state index contributed by atoms with van der Waals surface area (Å²) in [6, 6.07) is 9.03. The summed E-state index contributed by atoms with van der Waals surface area (Å²) in [6.07, 6.45) is 0. The van der Waals surface area contributed by atoms with E-state index in [9.17, 15) is 9.18 Å². The number of nitrogens with zero attached hydrogens (tertiary/aromatic N) is 5. The highest BCUT2D eigenvalue weighted by Crippen LogP contribution is 2.17. The SMILES string of the molecule is Cc1nnn(-c2ccc(F)cc2)c1COc1ccc(C(=O)NC2(C)COC2)nn1. The van der Waals surface area contributed by atoms with E-state index in [1.165, 1.54) is 12.1 Å². The Morgan fingerprint density at radius 2 is 1.97 bits per heavy atom. The van der Waals surface area contributed by atoms with Gasteiger partial charge in [-0.3, -0.25) is 4.79 Å². The molecule has 1 N–H and O–H groups in total. The third-order valence-corrected chi connectivity index (χ3v) is 4.51. The Kier molecular flexibility index (Phi) is 4.93. The molecule has 29 heavy (non-hydrogen) atoms. The van der Waals surface area contributed by atoms with E-state index in [1.807, 2.05) is 6.92 Å². The molecule has 1 aromatic carbocycles. The molecule has 3 heterocycles. The first-order valence-corrected chi connectivity index (χ1v) is 8.97. The van der Waals surface area contributed by atoms with Gasteiger partial charge in [-0.25, -0.2) is 9.07 Å². The number of halogens is 1. The second-order valence-electron chi connectivity index (χ2n) is 7.06. The summed E-state index contributed by atoms with van der Waals surface area (Å²) in [4.78, 5) is 12.2. The molecule has 0 unspecified atom stereocenters. The van der Waals surface area contributed by atoms with Gasteiger partial charge in [-0.1, -0.05) is 5.21 Å². The van der Waals surface area contributed by atoms with Crippen LogP contribution in [0.2, 0.25) is 0 Å². The van der Waals surface area contributed by atoms with Crippen LogP contribution >= 0.6 is 0 Å². The first-order chi connectivity index (χ1) is 13.9. The van der Waals surface area contributed by atoms with E-state index in [-0.39, 0.29) is 35.4 Å². The molecule has 1 fully saturated rings. The minimum absolute atomic E-state index is 0.131. The van der Waals surface area contributed by atoms with Crippen LogP contribution in [0.3, 0.4) is 0 Å². The minimum atomic E-state index is -0.364. The highest BCUT2D eigenvalue weighted by atomic mass is 19.1. The Labute approximate surface area is 165 Å². The molecule has 0 spiro atoms. The molecule has 0 bridgehead atoms. The van der Waals surface area contributed by atoms with Crippen molar-refractivity contribution in [1.29, 1.82) is 0 Å². The van der Waals surface area contributed by atoms with Gasteiger partial charge in [0.15, 0.2) is 5.69 Å². The van der Waals surface area contributed by atoms with Crippen molar-refractivity contribution in [3.63, 3.8) is 0 Å². The molecule has 1 aliphatic rings. The summed E-state index contributed by atoms with van der Waals surface area (Å²) in [5.41, 5.74) is 1.86. The standard InChI is InChI=1S/C19H19FN6O3/c1-12-16(26(25-22-12)14-5-3-13(20)4-6-14)9-29-17-8-7-15(23-24-17)18(27)21-19(2)10-28-11-19/h3-8H,9-11H2,1-2H3,(H,21,27). The molecular weight excluding hydrogens is 379 g/mol. The Morgan fingerprint density at radius 1 is 1.21 bits per heavy atom. The first-order valence-electron chi connectivity index (χ1n) is 8.97. The van der Waals surface area contributed by atoms with Crippen molar-refractivity contribution >= 4 is 5.91 Å². The molecule has 2 aromatic heterocycles. The van der Waals surface area contributed by atoms with E-state index in [0.29, 0.717) is 30.3 Å². The largest absolute Gasteiger partial charge is 0.470 e. The van der Waals surface area contributed by atoms with Gasteiger partial charge in [0.05, 0.1) is 30.1 Å². The summed E-state index contributed by atoms with van der Waals surface area (Å²) in [5.74, 6) is -0.392. The molecule has 4 rings (SSSR count). The molecule has 150 valence electrons. The van der Waals surface area contributed by atoms with E-state index >= 15 is 0 Å². The lowest BCUT2D eigenvalue weighted by molar-refractivity contribution is -0.0594. The van der Waals surface area contributed by atoms with Gasteiger partial charge in [0, 0.05) is 6.07 Å². The molecule has 0 atom stereocenters. The number of hydrogen-bond donors (Lipinski definition) is 1. The molecule has 1 saturated heterocycles.